The molecular formula is C21H32N4O3. The predicted molar refractivity (Wildman–Crippen MR) is 112 cm³/mol. The number of nitrogens with one attached hydrogen (secondary N) is 3. The Balaban J connectivity index is 1.96. The van der Waals surface area contributed by atoms with Gasteiger partial charge >= 0.3 is 6.09 Å². The fourth-order valence-electron chi connectivity index (χ4n) is 2.79. The van der Waals surface area contributed by atoms with Gasteiger partial charge in [0.25, 0.3) is 0 Å². The molecule has 1 aliphatic rings. The number of benzene rings is 1. The van der Waals surface area contributed by atoms with Gasteiger partial charge in [-0.05, 0) is 38.7 Å². The fraction of sp³-hybridized carbons (Fsp3) is 0.524. The van der Waals surface area contributed by atoms with E-state index in [1.165, 1.54) is 0 Å². The van der Waals surface area contributed by atoms with Crippen molar-refractivity contribution in [1.82, 2.24) is 16.0 Å². The van der Waals surface area contributed by atoms with Crippen LogP contribution in [0, 0.1) is 5.92 Å². The molecule has 1 aromatic carbocycles. The summed E-state index contributed by atoms with van der Waals surface area (Å²) in [6.07, 6.45) is 3.61. The molecule has 1 unspecified atom stereocenters. The van der Waals surface area contributed by atoms with Crippen molar-refractivity contribution in [3.05, 3.63) is 42.5 Å². The highest BCUT2D eigenvalue weighted by Gasteiger charge is 2.32. The zero-order valence-electron chi connectivity index (χ0n) is 16.9. The van der Waals surface area contributed by atoms with E-state index >= 15 is 0 Å². The molecule has 2 rings (SSSR count). The molecule has 28 heavy (non-hydrogen) atoms. The molecule has 0 aromatic heterocycles. The second kappa shape index (κ2) is 11.9. The fourth-order valence-corrected chi connectivity index (χ4v) is 2.79. The van der Waals surface area contributed by atoms with Crippen LogP contribution in [0.5, 0.6) is 5.75 Å². The first-order valence-electron chi connectivity index (χ1n) is 9.95. The van der Waals surface area contributed by atoms with E-state index in [1.807, 2.05) is 31.2 Å². The molecule has 0 spiro atoms. The number of aliphatic imine (C=N–C) groups is 1. The van der Waals surface area contributed by atoms with Crippen molar-refractivity contribution in [3.8, 4) is 5.75 Å². The van der Waals surface area contributed by atoms with Gasteiger partial charge in [-0.2, -0.15) is 0 Å². The highest BCUT2D eigenvalue weighted by molar-refractivity contribution is 5.80. The van der Waals surface area contributed by atoms with E-state index in [-0.39, 0.29) is 12.1 Å². The number of amides is 1. The van der Waals surface area contributed by atoms with Crippen molar-refractivity contribution in [2.75, 3.05) is 26.3 Å². The zero-order valence-corrected chi connectivity index (χ0v) is 16.9. The summed E-state index contributed by atoms with van der Waals surface area (Å²) in [5.74, 6) is 2.01. The van der Waals surface area contributed by atoms with Crippen LogP contribution in [0.3, 0.4) is 0 Å². The summed E-state index contributed by atoms with van der Waals surface area (Å²) in [4.78, 5) is 16.4. The second-order valence-corrected chi connectivity index (χ2v) is 6.59. The Kier molecular flexibility index (Phi) is 9.18. The minimum absolute atomic E-state index is 0.0334. The smallest absolute Gasteiger partial charge is 0.407 e. The van der Waals surface area contributed by atoms with Crippen molar-refractivity contribution < 1.29 is 14.3 Å². The van der Waals surface area contributed by atoms with Crippen LogP contribution in [0.4, 0.5) is 4.79 Å². The first-order chi connectivity index (χ1) is 13.7. The van der Waals surface area contributed by atoms with Gasteiger partial charge in [-0.15, -0.1) is 0 Å². The summed E-state index contributed by atoms with van der Waals surface area (Å²) in [6, 6.07) is 7.88. The van der Waals surface area contributed by atoms with Gasteiger partial charge < -0.3 is 25.4 Å². The lowest BCUT2D eigenvalue weighted by atomic mass is 10.2. The molecule has 0 saturated heterocycles. The Hall–Kier alpha value is -2.70. The number of carbonyl (C=O) groups excluding carboxylic acids is 1. The molecular weight excluding hydrogens is 356 g/mol. The molecule has 1 amide bonds. The van der Waals surface area contributed by atoms with Gasteiger partial charge in [0.05, 0.1) is 19.2 Å². The molecule has 1 aromatic rings. The lowest BCUT2D eigenvalue weighted by Crippen LogP contribution is -2.48. The van der Waals surface area contributed by atoms with E-state index in [0.29, 0.717) is 38.2 Å². The number of para-hydroxylation sites is 1. The summed E-state index contributed by atoms with van der Waals surface area (Å²) in [7, 11) is 0. The predicted octanol–water partition coefficient (Wildman–Crippen LogP) is 2.83. The molecule has 0 bridgehead atoms. The highest BCUT2D eigenvalue weighted by atomic mass is 16.5. The van der Waals surface area contributed by atoms with Crippen LogP contribution < -0.4 is 20.7 Å². The number of hydrogen-bond donors (Lipinski definition) is 3. The summed E-state index contributed by atoms with van der Waals surface area (Å²) >= 11 is 0. The largest absolute Gasteiger partial charge is 0.489 e. The zero-order chi connectivity index (χ0) is 20.2. The van der Waals surface area contributed by atoms with Crippen molar-refractivity contribution in [1.29, 1.82) is 0 Å². The standard InChI is InChI=1S/C21H32N4O3/c1-4-13-28-19-10-8-7-9-17(19)14-23-20(22-5-2)24-15-18(16-11-12-16)25-21(26)27-6-3/h4,7-10,16,18H,1,5-6,11-15H2,2-3H3,(H,25,26)(H2,22,23,24). The average Bonchev–Trinajstić information content (AvgIpc) is 3.53. The number of carbonyl (C=O) groups is 1. The van der Waals surface area contributed by atoms with E-state index in [2.05, 4.69) is 27.5 Å². The molecule has 1 atom stereocenters. The van der Waals surface area contributed by atoms with E-state index in [9.17, 15) is 4.79 Å². The van der Waals surface area contributed by atoms with Crippen molar-refractivity contribution in [3.63, 3.8) is 0 Å². The molecule has 7 heteroatoms. The monoisotopic (exact) mass is 388 g/mol. The molecule has 0 radical (unpaired) electrons. The Labute approximate surface area is 167 Å². The summed E-state index contributed by atoms with van der Waals surface area (Å²) in [5, 5.41) is 9.53. The molecule has 0 heterocycles. The quantitative estimate of drug-likeness (QED) is 0.308. The molecule has 7 nitrogen and oxygen atoms in total. The first kappa shape index (κ1) is 21.6. The average molecular weight is 389 g/mol. The molecule has 154 valence electrons. The van der Waals surface area contributed by atoms with E-state index in [0.717, 1.165) is 30.7 Å². The molecule has 1 saturated carbocycles. The van der Waals surface area contributed by atoms with Gasteiger partial charge in [0.15, 0.2) is 5.96 Å². The van der Waals surface area contributed by atoms with Crippen LogP contribution in [0.15, 0.2) is 41.9 Å². The number of ether oxygens (including phenoxy) is 2. The van der Waals surface area contributed by atoms with Crippen LogP contribution in [0.2, 0.25) is 0 Å². The topological polar surface area (TPSA) is 84.0 Å². The number of hydrogen-bond acceptors (Lipinski definition) is 4. The van der Waals surface area contributed by atoms with Crippen molar-refractivity contribution in [2.45, 2.75) is 39.3 Å². The maximum Gasteiger partial charge on any atom is 0.407 e. The van der Waals surface area contributed by atoms with Crippen LogP contribution in [-0.4, -0.2) is 44.4 Å². The van der Waals surface area contributed by atoms with Crippen molar-refractivity contribution >= 4 is 12.1 Å². The van der Waals surface area contributed by atoms with Crippen LogP contribution in [0.1, 0.15) is 32.3 Å². The summed E-state index contributed by atoms with van der Waals surface area (Å²) < 4.78 is 10.7. The number of guanidine groups is 1. The SMILES string of the molecule is C=CCOc1ccccc1CN=C(NCC)NCC(NC(=O)OCC)C1CC1. The molecule has 1 aliphatic carbocycles. The van der Waals surface area contributed by atoms with E-state index in [4.69, 9.17) is 9.47 Å². The van der Waals surface area contributed by atoms with E-state index in [1.54, 1.807) is 13.0 Å². The molecule has 0 aliphatic heterocycles. The lowest BCUT2D eigenvalue weighted by Gasteiger charge is -2.20. The maximum atomic E-state index is 11.8. The Morgan fingerprint density at radius 2 is 2.11 bits per heavy atom. The minimum atomic E-state index is -0.364. The van der Waals surface area contributed by atoms with Crippen LogP contribution in [-0.2, 0) is 11.3 Å². The third-order valence-corrected chi connectivity index (χ3v) is 4.34. The van der Waals surface area contributed by atoms with Gasteiger partial charge in [0.1, 0.15) is 12.4 Å². The Bertz CT molecular complexity index is 659. The Morgan fingerprint density at radius 3 is 2.79 bits per heavy atom. The van der Waals surface area contributed by atoms with Crippen LogP contribution in [0.25, 0.3) is 0 Å². The Morgan fingerprint density at radius 1 is 1.32 bits per heavy atom. The van der Waals surface area contributed by atoms with Gasteiger partial charge in [-0.1, -0.05) is 30.9 Å². The molecule has 3 N–H and O–H groups in total. The lowest BCUT2D eigenvalue weighted by molar-refractivity contribution is 0.146. The summed E-state index contributed by atoms with van der Waals surface area (Å²) in [6.45, 7) is 10.2. The third-order valence-electron chi connectivity index (χ3n) is 4.34. The van der Waals surface area contributed by atoms with Gasteiger partial charge in [-0.25, -0.2) is 9.79 Å². The van der Waals surface area contributed by atoms with Gasteiger partial charge in [-0.3, -0.25) is 0 Å². The minimum Gasteiger partial charge on any atom is -0.489 e. The normalized spacial score (nSPS) is 14.7. The number of nitrogens with zero attached hydrogens (tertiary/aromatic N) is 1. The van der Waals surface area contributed by atoms with Gasteiger partial charge in [0, 0.05) is 18.7 Å². The van der Waals surface area contributed by atoms with Crippen LogP contribution >= 0.6 is 0 Å². The number of alkyl carbamates (subject to hydrolysis) is 1. The second-order valence-electron chi connectivity index (χ2n) is 6.59. The summed E-state index contributed by atoms with van der Waals surface area (Å²) in [5.41, 5.74) is 1.00. The maximum absolute atomic E-state index is 11.8. The highest BCUT2D eigenvalue weighted by Crippen LogP contribution is 2.32. The third kappa shape index (κ3) is 7.50. The number of rotatable bonds is 11. The van der Waals surface area contributed by atoms with Crippen molar-refractivity contribution in [2.24, 2.45) is 10.9 Å². The van der Waals surface area contributed by atoms with E-state index < -0.39 is 0 Å². The van der Waals surface area contributed by atoms with Gasteiger partial charge in [0.2, 0.25) is 0 Å². The molecule has 1 fully saturated rings. The first-order valence-corrected chi connectivity index (χ1v) is 9.95.